The summed E-state index contributed by atoms with van der Waals surface area (Å²) < 4.78 is 0. The van der Waals surface area contributed by atoms with E-state index in [1.54, 1.807) is 0 Å². The normalized spacial score (nSPS) is 48.6. The fourth-order valence-electron chi connectivity index (χ4n) is 9.97. The molecule has 172 valence electrons. The molecule has 3 heteroatoms. The highest BCUT2D eigenvalue weighted by atomic mass is 28.3. The van der Waals surface area contributed by atoms with E-state index in [0.29, 0.717) is 17.1 Å². The first-order valence-electron chi connectivity index (χ1n) is 13.2. The highest BCUT2D eigenvalue weighted by Crippen LogP contribution is 2.70. The van der Waals surface area contributed by atoms with Crippen molar-refractivity contribution in [3.8, 4) is 0 Å². The van der Waals surface area contributed by atoms with E-state index in [1.807, 2.05) is 6.92 Å². The molecule has 2 nitrogen and oxygen atoms in total. The molecule has 30 heavy (non-hydrogen) atoms. The standard InChI is InChI=1S/C27H48O2Si/c1-7-8-15-30(5,6)25-17-20(29)16-19-9-10-21-23-12-11-22(18(2)28)26(23,3)14-13-24(21)27(19,25)4/h19-25,29H,7-17H2,1-6H3/t19?,20?,21-,22+,23-,24-,25?,26+,27-/m0/s1. The van der Waals surface area contributed by atoms with Crippen LogP contribution in [0.2, 0.25) is 24.7 Å². The van der Waals surface area contributed by atoms with Crippen LogP contribution in [0.3, 0.4) is 0 Å². The number of ketones is 1. The fraction of sp³-hybridized carbons (Fsp3) is 0.963. The summed E-state index contributed by atoms with van der Waals surface area (Å²) >= 11 is 0. The molecule has 0 spiro atoms. The Kier molecular flexibility index (Phi) is 6.15. The molecule has 0 saturated heterocycles. The molecule has 0 amide bonds. The van der Waals surface area contributed by atoms with E-state index in [9.17, 15) is 9.90 Å². The molecule has 0 aromatic heterocycles. The van der Waals surface area contributed by atoms with Crippen molar-refractivity contribution in [3.05, 3.63) is 0 Å². The van der Waals surface area contributed by atoms with Crippen molar-refractivity contribution in [2.24, 2.45) is 40.4 Å². The monoisotopic (exact) mass is 432 g/mol. The molecule has 4 rings (SSSR count). The molecule has 3 unspecified atom stereocenters. The largest absolute Gasteiger partial charge is 0.393 e. The molecular weight excluding hydrogens is 384 g/mol. The van der Waals surface area contributed by atoms with Gasteiger partial charge in [0.2, 0.25) is 0 Å². The Bertz CT molecular complexity index is 659. The molecule has 4 aliphatic carbocycles. The third kappa shape index (κ3) is 3.40. The minimum Gasteiger partial charge on any atom is -0.393 e. The summed E-state index contributed by atoms with van der Waals surface area (Å²) in [4.78, 5) is 12.5. The number of carbonyl (C=O) groups is 1. The van der Waals surface area contributed by atoms with Crippen LogP contribution >= 0.6 is 0 Å². The molecule has 0 aromatic carbocycles. The van der Waals surface area contributed by atoms with Crippen LogP contribution in [0.4, 0.5) is 0 Å². The fourth-order valence-corrected chi connectivity index (χ4v) is 14.6. The Balaban J connectivity index is 1.67. The van der Waals surface area contributed by atoms with Crippen molar-refractivity contribution in [3.63, 3.8) is 0 Å². The summed E-state index contributed by atoms with van der Waals surface area (Å²) in [5.74, 6) is 3.89. The van der Waals surface area contributed by atoms with Crippen molar-refractivity contribution in [2.45, 2.75) is 123 Å². The van der Waals surface area contributed by atoms with Gasteiger partial charge >= 0.3 is 0 Å². The number of aliphatic hydroxyl groups is 1. The zero-order chi connectivity index (χ0) is 21.9. The molecule has 4 aliphatic rings. The van der Waals surface area contributed by atoms with Gasteiger partial charge in [0, 0.05) is 5.92 Å². The van der Waals surface area contributed by atoms with Crippen LogP contribution in [-0.4, -0.2) is 25.1 Å². The second-order valence-corrected chi connectivity index (χ2v) is 18.2. The van der Waals surface area contributed by atoms with Gasteiger partial charge in [0.25, 0.3) is 0 Å². The SMILES string of the molecule is CCCC[Si](C)(C)C1CC(O)CC2CC[C@@H]3[C@H](CC[C@]4(C)[C@@H](C(C)=O)CC[C@@H]34)[C@]21C. The van der Waals surface area contributed by atoms with Gasteiger partial charge in [-0.1, -0.05) is 52.8 Å². The van der Waals surface area contributed by atoms with Crippen molar-refractivity contribution in [2.75, 3.05) is 0 Å². The molecule has 0 heterocycles. The van der Waals surface area contributed by atoms with Gasteiger partial charge in [-0.05, 0) is 98.3 Å². The minimum atomic E-state index is -1.42. The number of hydrogen-bond donors (Lipinski definition) is 1. The maximum absolute atomic E-state index is 12.5. The summed E-state index contributed by atoms with van der Waals surface area (Å²) in [6, 6.07) is 1.42. The number of Topliss-reactive ketones (excluding diaryl/α,β-unsaturated/α-hetero) is 1. The Morgan fingerprint density at radius 3 is 2.43 bits per heavy atom. The molecule has 0 aromatic rings. The lowest BCUT2D eigenvalue weighted by Gasteiger charge is -2.65. The third-order valence-corrected chi connectivity index (χ3v) is 15.8. The maximum atomic E-state index is 12.5. The van der Waals surface area contributed by atoms with Crippen molar-refractivity contribution < 1.29 is 9.90 Å². The number of carbonyl (C=O) groups excluding carboxylic acids is 1. The van der Waals surface area contributed by atoms with E-state index in [2.05, 4.69) is 33.9 Å². The van der Waals surface area contributed by atoms with Crippen molar-refractivity contribution in [1.82, 2.24) is 0 Å². The lowest BCUT2D eigenvalue weighted by atomic mass is 9.44. The van der Waals surface area contributed by atoms with Crippen LogP contribution in [0.25, 0.3) is 0 Å². The van der Waals surface area contributed by atoms with Crippen LogP contribution in [0, 0.1) is 40.4 Å². The number of fused-ring (bicyclic) bond motifs is 5. The average Bonchev–Trinajstić information content (AvgIpc) is 3.04. The van der Waals surface area contributed by atoms with Gasteiger partial charge in [-0.2, -0.15) is 0 Å². The Morgan fingerprint density at radius 1 is 1.03 bits per heavy atom. The summed E-state index contributed by atoms with van der Waals surface area (Å²) in [5, 5.41) is 10.9. The van der Waals surface area contributed by atoms with E-state index < -0.39 is 8.07 Å². The highest BCUT2D eigenvalue weighted by Gasteiger charge is 2.64. The first-order chi connectivity index (χ1) is 14.1. The molecule has 9 atom stereocenters. The number of aliphatic hydroxyl groups excluding tert-OH is 1. The topological polar surface area (TPSA) is 37.3 Å². The maximum Gasteiger partial charge on any atom is 0.133 e. The van der Waals surface area contributed by atoms with Crippen LogP contribution < -0.4 is 0 Å². The van der Waals surface area contributed by atoms with Crippen LogP contribution in [0.15, 0.2) is 0 Å². The smallest absolute Gasteiger partial charge is 0.133 e. The Labute approximate surface area is 187 Å². The number of rotatable bonds is 5. The molecule has 1 N–H and O–H groups in total. The molecule has 4 fully saturated rings. The summed E-state index contributed by atoms with van der Waals surface area (Å²) in [6.07, 6.45) is 12.4. The molecule has 0 aliphatic heterocycles. The Hall–Kier alpha value is -0.153. The first-order valence-corrected chi connectivity index (χ1v) is 16.5. The van der Waals surface area contributed by atoms with Crippen LogP contribution in [-0.2, 0) is 4.79 Å². The van der Waals surface area contributed by atoms with Crippen molar-refractivity contribution >= 4 is 13.9 Å². The highest BCUT2D eigenvalue weighted by molar-refractivity contribution is 6.79. The van der Waals surface area contributed by atoms with Gasteiger partial charge in [0.15, 0.2) is 0 Å². The molecule has 4 saturated carbocycles. The lowest BCUT2D eigenvalue weighted by molar-refractivity contribution is -0.138. The molecule has 0 radical (unpaired) electrons. The van der Waals surface area contributed by atoms with Crippen LogP contribution in [0.5, 0.6) is 0 Å². The predicted molar refractivity (Wildman–Crippen MR) is 128 cm³/mol. The first kappa shape index (κ1) is 23.0. The predicted octanol–water partition coefficient (Wildman–Crippen LogP) is 7.08. The van der Waals surface area contributed by atoms with Gasteiger partial charge in [-0.25, -0.2) is 0 Å². The average molecular weight is 433 g/mol. The zero-order valence-electron chi connectivity index (χ0n) is 20.7. The van der Waals surface area contributed by atoms with E-state index in [4.69, 9.17) is 0 Å². The van der Waals surface area contributed by atoms with Gasteiger partial charge in [0.05, 0.1) is 14.2 Å². The number of hydrogen-bond acceptors (Lipinski definition) is 2. The lowest BCUT2D eigenvalue weighted by Crippen LogP contribution is -2.60. The minimum absolute atomic E-state index is 0.0690. The Morgan fingerprint density at radius 2 is 1.77 bits per heavy atom. The van der Waals surface area contributed by atoms with Gasteiger partial charge < -0.3 is 5.11 Å². The van der Waals surface area contributed by atoms with Gasteiger partial charge in [-0.3, -0.25) is 4.79 Å². The molecular formula is C27H48O2Si. The number of unbranched alkanes of at least 4 members (excludes halogenated alkanes) is 1. The molecule has 0 bridgehead atoms. The second kappa shape index (κ2) is 8.01. The summed E-state index contributed by atoms with van der Waals surface area (Å²) in [6.45, 7) is 14.6. The second-order valence-electron chi connectivity index (χ2n) is 13.1. The summed E-state index contributed by atoms with van der Waals surface area (Å²) in [5.41, 5.74) is 1.43. The van der Waals surface area contributed by atoms with E-state index in [-0.39, 0.29) is 11.5 Å². The third-order valence-electron chi connectivity index (χ3n) is 11.4. The van der Waals surface area contributed by atoms with Gasteiger partial charge in [-0.15, -0.1) is 0 Å². The summed E-state index contributed by atoms with van der Waals surface area (Å²) in [7, 11) is -1.42. The van der Waals surface area contributed by atoms with E-state index in [0.717, 1.165) is 48.5 Å². The zero-order valence-corrected chi connectivity index (χ0v) is 21.7. The van der Waals surface area contributed by atoms with E-state index >= 15 is 0 Å². The quantitative estimate of drug-likeness (QED) is 0.471. The van der Waals surface area contributed by atoms with Crippen LogP contribution in [0.1, 0.15) is 91.9 Å². The van der Waals surface area contributed by atoms with Crippen molar-refractivity contribution in [1.29, 1.82) is 0 Å². The van der Waals surface area contributed by atoms with Gasteiger partial charge in [0.1, 0.15) is 5.78 Å². The van der Waals surface area contributed by atoms with E-state index in [1.165, 1.54) is 51.0 Å².